The number of hydrogen-bond donors (Lipinski definition) is 4. The molecule has 0 amide bonds. The van der Waals surface area contributed by atoms with Gasteiger partial charge in [0.15, 0.2) is 0 Å². The standard InChI is InChI=1S/C14H30O8S2/c1-13(2,23(17,18)19)9-7-11(15)5-6-12(16)8-10-14(3,4)24(20,21)22/h11-12,15-16H,5-10H2,1-4H3,(H,17,18,19)(H,20,21,22). The van der Waals surface area contributed by atoms with Crippen LogP contribution in [-0.2, 0) is 20.2 Å². The van der Waals surface area contributed by atoms with E-state index in [0.29, 0.717) is 0 Å². The van der Waals surface area contributed by atoms with Crippen molar-refractivity contribution in [3.05, 3.63) is 0 Å². The summed E-state index contributed by atoms with van der Waals surface area (Å²) in [6.07, 6.45) is -0.807. The van der Waals surface area contributed by atoms with Gasteiger partial charge in [-0.3, -0.25) is 9.11 Å². The summed E-state index contributed by atoms with van der Waals surface area (Å²) in [7, 11) is -8.42. The Hall–Kier alpha value is -0.260. The van der Waals surface area contributed by atoms with Crippen LogP contribution in [0.3, 0.4) is 0 Å². The molecule has 0 rings (SSSR count). The van der Waals surface area contributed by atoms with Gasteiger partial charge in [-0.25, -0.2) is 0 Å². The van der Waals surface area contributed by atoms with Crippen LogP contribution in [0.2, 0.25) is 0 Å². The molecule has 0 aliphatic carbocycles. The van der Waals surface area contributed by atoms with Gasteiger partial charge in [-0.1, -0.05) is 0 Å². The van der Waals surface area contributed by atoms with Gasteiger partial charge < -0.3 is 10.2 Å². The number of aliphatic hydroxyl groups is 2. The zero-order valence-corrected chi connectivity index (χ0v) is 16.3. The molecular weight excluding hydrogens is 360 g/mol. The van der Waals surface area contributed by atoms with Crippen molar-refractivity contribution in [1.29, 1.82) is 0 Å². The molecule has 8 nitrogen and oxygen atoms in total. The predicted octanol–water partition coefficient (Wildman–Crippen LogP) is 1.38. The van der Waals surface area contributed by atoms with Crippen LogP contribution in [0, 0.1) is 0 Å². The predicted molar refractivity (Wildman–Crippen MR) is 91.0 cm³/mol. The molecule has 0 fully saturated rings. The zero-order valence-electron chi connectivity index (χ0n) is 14.6. The summed E-state index contributed by atoms with van der Waals surface area (Å²) in [4.78, 5) is 0. The molecule has 24 heavy (non-hydrogen) atoms. The quantitative estimate of drug-likeness (QED) is 0.387. The van der Waals surface area contributed by atoms with Gasteiger partial charge in [0.1, 0.15) is 0 Å². The van der Waals surface area contributed by atoms with E-state index in [1.165, 1.54) is 27.7 Å². The third-order valence-electron chi connectivity index (χ3n) is 4.39. The molecule has 0 aromatic rings. The zero-order chi connectivity index (χ0) is 19.4. The summed E-state index contributed by atoms with van der Waals surface area (Å²) in [5, 5.41) is 19.7. The Morgan fingerprint density at radius 2 is 0.917 bits per heavy atom. The summed E-state index contributed by atoms with van der Waals surface area (Å²) in [6, 6.07) is 0. The first-order valence-corrected chi connectivity index (χ1v) is 10.7. The summed E-state index contributed by atoms with van der Waals surface area (Å²) in [6.45, 7) is 5.45. The Balaban J connectivity index is 4.27. The van der Waals surface area contributed by atoms with Crippen molar-refractivity contribution >= 4 is 20.2 Å². The first-order chi connectivity index (χ1) is 10.5. The minimum Gasteiger partial charge on any atom is -0.393 e. The van der Waals surface area contributed by atoms with Crippen molar-refractivity contribution < 1.29 is 36.2 Å². The Labute approximate surface area is 144 Å². The molecule has 0 spiro atoms. The fourth-order valence-corrected chi connectivity index (χ4v) is 2.71. The molecule has 0 heterocycles. The van der Waals surface area contributed by atoms with E-state index < -0.39 is 41.9 Å². The van der Waals surface area contributed by atoms with Crippen molar-refractivity contribution in [3.63, 3.8) is 0 Å². The molecule has 146 valence electrons. The van der Waals surface area contributed by atoms with E-state index in [1.54, 1.807) is 0 Å². The average Bonchev–Trinajstić information content (AvgIpc) is 2.38. The number of aliphatic hydroxyl groups excluding tert-OH is 2. The average molecular weight is 391 g/mol. The third kappa shape index (κ3) is 7.75. The molecule has 0 aliphatic rings. The second-order valence-electron chi connectivity index (χ2n) is 7.43. The molecule has 0 aromatic heterocycles. The Morgan fingerprint density at radius 3 is 1.12 bits per heavy atom. The van der Waals surface area contributed by atoms with E-state index in [4.69, 9.17) is 9.11 Å². The smallest absolute Gasteiger partial charge is 0.270 e. The molecule has 0 saturated carbocycles. The maximum Gasteiger partial charge on any atom is 0.270 e. The van der Waals surface area contributed by atoms with E-state index in [2.05, 4.69) is 0 Å². The third-order valence-corrected chi connectivity index (χ3v) is 7.59. The topological polar surface area (TPSA) is 149 Å². The van der Waals surface area contributed by atoms with Gasteiger partial charge in [0.2, 0.25) is 0 Å². The van der Waals surface area contributed by atoms with Gasteiger partial charge in [0.25, 0.3) is 20.2 Å². The molecular formula is C14H30O8S2. The molecule has 10 heteroatoms. The Kier molecular flexibility index (Phi) is 8.32. The van der Waals surface area contributed by atoms with Crippen LogP contribution in [-0.4, -0.2) is 57.9 Å². The maximum absolute atomic E-state index is 11.2. The first-order valence-electron chi connectivity index (χ1n) is 7.80. The van der Waals surface area contributed by atoms with Crippen LogP contribution in [0.4, 0.5) is 0 Å². The summed E-state index contributed by atoms with van der Waals surface area (Å²) >= 11 is 0. The van der Waals surface area contributed by atoms with Gasteiger partial charge in [0.05, 0.1) is 21.7 Å². The van der Waals surface area contributed by atoms with Crippen molar-refractivity contribution in [3.8, 4) is 0 Å². The monoisotopic (exact) mass is 390 g/mol. The minimum atomic E-state index is -4.21. The highest BCUT2D eigenvalue weighted by atomic mass is 32.2. The highest BCUT2D eigenvalue weighted by Gasteiger charge is 2.34. The lowest BCUT2D eigenvalue weighted by Crippen LogP contribution is -2.33. The molecule has 0 aromatic carbocycles. The summed E-state index contributed by atoms with van der Waals surface area (Å²) in [5.74, 6) is 0. The normalized spacial score (nSPS) is 16.8. The van der Waals surface area contributed by atoms with E-state index in [0.717, 1.165) is 0 Å². The number of hydrogen-bond acceptors (Lipinski definition) is 6. The van der Waals surface area contributed by atoms with Crippen LogP contribution < -0.4 is 0 Å². The van der Waals surface area contributed by atoms with E-state index in [-0.39, 0.29) is 38.5 Å². The Morgan fingerprint density at radius 1 is 0.667 bits per heavy atom. The molecule has 0 saturated heterocycles. The second-order valence-corrected chi connectivity index (χ2v) is 11.5. The van der Waals surface area contributed by atoms with Crippen molar-refractivity contribution in [2.24, 2.45) is 0 Å². The van der Waals surface area contributed by atoms with Crippen LogP contribution >= 0.6 is 0 Å². The van der Waals surface area contributed by atoms with Crippen LogP contribution in [0.25, 0.3) is 0 Å². The maximum atomic E-state index is 11.2. The second kappa shape index (κ2) is 8.41. The molecule has 0 aliphatic heterocycles. The summed E-state index contributed by atoms with van der Waals surface area (Å²) in [5.41, 5.74) is 0. The highest BCUT2D eigenvalue weighted by Crippen LogP contribution is 2.25. The van der Waals surface area contributed by atoms with Crippen molar-refractivity contribution in [1.82, 2.24) is 0 Å². The lowest BCUT2D eigenvalue weighted by molar-refractivity contribution is 0.0986. The van der Waals surface area contributed by atoms with Gasteiger partial charge in [-0.05, 0) is 66.2 Å². The van der Waals surface area contributed by atoms with E-state index in [1.807, 2.05) is 0 Å². The van der Waals surface area contributed by atoms with Gasteiger partial charge in [-0.2, -0.15) is 16.8 Å². The molecule has 0 radical (unpaired) electrons. The lowest BCUT2D eigenvalue weighted by Gasteiger charge is -2.24. The van der Waals surface area contributed by atoms with Crippen molar-refractivity contribution in [2.45, 2.75) is 87.9 Å². The van der Waals surface area contributed by atoms with Gasteiger partial charge >= 0.3 is 0 Å². The highest BCUT2D eigenvalue weighted by molar-refractivity contribution is 7.87. The SMILES string of the molecule is CC(C)(CCC(O)CCC(O)CCC(C)(C)S(=O)(=O)O)S(=O)(=O)O. The van der Waals surface area contributed by atoms with E-state index >= 15 is 0 Å². The fraction of sp³-hybridized carbons (Fsp3) is 1.00. The van der Waals surface area contributed by atoms with Crippen LogP contribution in [0.15, 0.2) is 0 Å². The van der Waals surface area contributed by atoms with Crippen LogP contribution in [0.1, 0.15) is 66.2 Å². The molecule has 0 bridgehead atoms. The fourth-order valence-electron chi connectivity index (χ4n) is 1.96. The first kappa shape index (κ1) is 23.7. The van der Waals surface area contributed by atoms with Gasteiger partial charge in [0, 0.05) is 0 Å². The van der Waals surface area contributed by atoms with Crippen molar-refractivity contribution in [2.75, 3.05) is 0 Å². The Bertz CT molecular complexity index is 538. The largest absolute Gasteiger partial charge is 0.393 e. The molecule has 2 atom stereocenters. The van der Waals surface area contributed by atoms with Gasteiger partial charge in [-0.15, -0.1) is 0 Å². The minimum absolute atomic E-state index is 0.0683. The number of rotatable bonds is 11. The van der Waals surface area contributed by atoms with E-state index in [9.17, 15) is 27.0 Å². The molecule has 4 N–H and O–H groups in total. The van der Waals surface area contributed by atoms with Crippen LogP contribution in [0.5, 0.6) is 0 Å². The summed E-state index contributed by atoms with van der Waals surface area (Å²) < 4.78 is 60.1. The lowest BCUT2D eigenvalue weighted by atomic mass is 9.97. The molecule has 2 unspecified atom stereocenters.